The molecule has 0 spiro atoms. The molecule has 34 heavy (non-hydrogen) atoms. The number of nitrogen functional groups attached to an aromatic ring is 1. The highest BCUT2D eigenvalue weighted by molar-refractivity contribution is 5.82. The molecule has 4 N–H and O–H groups in total. The summed E-state index contributed by atoms with van der Waals surface area (Å²) < 4.78 is 6.55. The Morgan fingerprint density at radius 1 is 0.971 bits per heavy atom. The number of furan rings is 1. The molecule has 0 radical (unpaired) electrons. The third kappa shape index (κ3) is 5.44. The van der Waals surface area contributed by atoms with Gasteiger partial charge in [-0.2, -0.15) is 0 Å². The Labute approximate surface area is 195 Å². The number of rotatable bonds is 9. The van der Waals surface area contributed by atoms with E-state index < -0.39 is 11.2 Å². The quantitative estimate of drug-likeness (QED) is 0.352. The Bertz CT molecular complexity index is 1350. The number of hydrogen-bond donors (Lipinski definition) is 3. The van der Waals surface area contributed by atoms with E-state index in [1.165, 1.54) is 10.8 Å². The van der Waals surface area contributed by atoms with Crippen LogP contribution in [0.1, 0.15) is 16.9 Å². The number of aromatic amines is 1. The van der Waals surface area contributed by atoms with Crippen LogP contribution in [0.5, 0.6) is 0 Å². The zero-order valence-electron chi connectivity index (χ0n) is 18.4. The maximum absolute atomic E-state index is 12.9. The van der Waals surface area contributed by atoms with Gasteiger partial charge in [-0.25, -0.2) is 4.79 Å². The molecular weight excluding hydrogens is 434 g/mol. The molecule has 0 bridgehead atoms. The van der Waals surface area contributed by atoms with Gasteiger partial charge in [0.05, 0.1) is 25.9 Å². The van der Waals surface area contributed by atoms with E-state index in [9.17, 15) is 14.4 Å². The Balaban J connectivity index is 1.66. The lowest BCUT2D eigenvalue weighted by molar-refractivity contribution is -0.120. The predicted molar refractivity (Wildman–Crippen MR) is 129 cm³/mol. The molecule has 174 valence electrons. The summed E-state index contributed by atoms with van der Waals surface area (Å²) >= 11 is 0. The molecule has 0 unspecified atom stereocenters. The van der Waals surface area contributed by atoms with E-state index in [0.717, 1.165) is 11.1 Å². The van der Waals surface area contributed by atoms with E-state index in [4.69, 9.17) is 10.2 Å². The van der Waals surface area contributed by atoms with Gasteiger partial charge >= 0.3 is 5.69 Å². The highest BCUT2D eigenvalue weighted by atomic mass is 16.3. The van der Waals surface area contributed by atoms with Crippen molar-refractivity contribution in [1.29, 1.82) is 0 Å². The molecule has 9 nitrogen and oxygen atoms in total. The van der Waals surface area contributed by atoms with Gasteiger partial charge in [0.15, 0.2) is 0 Å². The van der Waals surface area contributed by atoms with Gasteiger partial charge in [0, 0.05) is 6.54 Å². The van der Waals surface area contributed by atoms with Gasteiger partial charge in [0.25, 0.3) is 5.56 Å². The molecule has 2 aromatic heterocycles. The van der Waals surface area contributed by atoms with Crippen LogP contribution in [0.3, 0.4) is 0 Å². The number of nitrogens with zero attached hydrogens (tertiary/aromatic N) is 2. The number of anilines is 2. The van der Waals surface area contributed by atoms with Crippen LogP contribution in [-0.4, -0.2) is 22.0 Å². The average Bonchev–Trinajstić information content (AvgIpc) is 3.35. The third-order valence-electron chi connectivity index (χ3n) is 5.30. The van der Waals surface area contributed by atoms with Crippen molar-refractivity contribution in [3.8, 4) is 0 Å². The number of H-pyrrole nitrogens is 1. The zero-order chi connectivity index (χ0) is 23.9. The molecule has 0 aliphatic heterocycles. The zero-order valence-corrected chi connectivity index (χ0v) is 18.4. The minimum Gasteiger partial charge on any atom is -0.467 e. The first-order valence-electron chi connectivity index (χ1n) is 10.8. The number of nitrogens with one attached hydrogen (secondary N) is 2. The second-order valence-corrected chi connectivity index (χ2v) is 7.76. The summed E-state index contributed by atoms with van der Waals surface area (Å²) in [5, 5.41) is 2.78. The molecule has 1 amide bonds. The maximum Gasteiger partial charge on any atom is 0.330 e. The van der Waals surface area contributed by atoms with Crippen LogP contribution in [0, 0.1) is 0 Å². The molecule has 0 saturated carbocycles. The van der Waals surface area contributed by atoms with Gasteiger partial charge in [-0.05, 0) is 23.3 Å². The van der Waals surface area contributed by atoms with Crippen LogP contribution in [0.2, 0.25) is 0 Å². The number of carbonyl (C=O) groups is 1. The molecular formula is C25H25N5O4. The predicted octanol–water partition coefficient (Wildman–Crippen LogP) is 2.08. The Morgan fingerprint density at radius 2 is 1.65 bits per heavy atom. The topological polar surface area (TPSA) is 126 Å². The van der Waals surface area contributed by atoms with Gasteiger partial charge < -0.3 is 20.4 Å². The van der Waals surface area contributed by atoms with E-state index in [-0.39, 0.29) is 43.6 Å². The van der Waals surface area contributed by atoms with Crippen molar-refractivity contribution >= 4 is 17.4 Å². The summed E-state index contributed by atoms with van der Waals surface area (Å²) in [5.74, 6) is 0.274. The molecule has 2 aromatic carbocycles. The van der Waals surface area contributed by atoms with Gasteiger partial charge in [0.2, 0.25) is 5.91 Å². The number of carbonyl (C=O) groups excluding carboxylic acids is 1. The first-order chi connectivity index (χ1) is 16.5. The lowest BCUT2D eigenvalue weighted by atomic mass is 10.2. The van der Waals surface area contributed by atoms with Crippen LogP contribution in [0.25, 0.3) is 0 Å². The highest BCUT2D eigenvalue weighted by Crippen LogP contribution is 2.20. The van der Waals surface area contributed by atoms with Crippen molar-refractivity contribution in [2.75, 3.05) is 17.2 Å². The SMILES string of the molecule is Nc1c(N(CC(=O)NCc2ccco2)Cc2ccccc2)c(=O)[nH]c(=O)n1Cc1ccccc1. The second kappa shape index (κ2) is 10.4. The number of nitrogens with two attached hydrogens (primary N) is 1. The first-order valence-corrected chi connectivity index (χ1v) is 10.8. The fourth-order valence-corrected chi connectivity index (χ4v) is 3.65. The summed E-state index contributed by atoms with van der Waals surface area (Å²) in [6.45, 7) is 0.488. The molecule has 0 aliphatic rings. The van der Waals surface area contributed by atoms with E-state index in [0.29, 0.717) is 5.76 Å². The smallest absolute Gasteiger partial charge is 0.330 e. The van der Waals surface area contributed by atoms with E-state index >= 15 is 0 Å². The highest BCUT2D eigenvalue weighted by Gasteiger charge is 2.22. The molecule has 2 heterocycles. The first kappa shape index (κ1) is 22.7. The summed E-state index contributed by atoms with van der Waals surface area (Å²) in [5.41, 5.74) is 6.89. The lowest BCUT2D eigenvalue weighted by Crippen LogP contribution is -2.42. The van der Waals surface area contributed by atoms with Crippen molar-refractivity contribution in [2.45, 2.75) is 19.6 Å². The van der Waals surface area contributed by atoms with Crippen molar-refractivity contribution in [3.63, 3.8) is 0 Å². The van der Waals surface area contributed by atoms with Crippen molar-refractivity contribution in [1.82, 2.24) is 14.9 Å². The van der Waals surface area contributed by atoms with Crippen LogP contribution >= 0.6 is 0 Å². The third-order valence-corrected chi connectivity index (χ3v) is 5.30. The molecule has 4 rings (SSSR count). The van der Waals surface area contributed by atoms with Crippen LogP contribution < -0.4 is 27.2 Å². The summed E-state index contributed by atoms with van der Waals surface area (Å²) in [7, 11) is 0. The summed E-state index contributed by atoms with van der Waals surface area (Å²) in [4.78, 5) is 42.1. The molecule has 4 aromatic rings. The molecule has 0 aliphatic carbocycles. The fourth-order valence-electron chi connectivity index (χ4n) is 3.65. The van der Waals surface area contributed by atoms with Gasteiger partial charge in [-0.15, -0.1) is 0 Å². The van der Waals surface area contributed by atoms with Crippen LogP contribution in [0.4, 0.5) is 11.5 Å². The van der Waals surface area contributed by atoms with E-state index in [2.05, 4.69) is 10.3 Å². The normalized spacial score (nSPS) is 10.7. The minimum atomic E-state index is -0.651. The van der Waals surface area contributed by atoms with Gasteiger partial charge in [-0.1, -0.05) is 60.7 Å². The van der Waals surface area contributed by atoms with Gasteiger partial charge in [0.1, 0.15) is 17.3 Å². The Morgan fingerprint density at radius 3 is 2.29 bits per heavy atom. The molecule has 0 saturated heterocycles. The fraction of sp³-hybridized carbons (Fsp3) is 0.160. The summed E-state index contributed by atoms with van der Waals surface area (Å²) in [6, 6.07) is 22.2. The van der Waals surface area contributed by atoms with Crippen molar-refractivity contribution in [2.24, 2.45) is 0 Å². The maximum atomic E-state index is 12.9. The lowest BCUT2D eigenvalue weighted by Gasteiger charge is -2.26. The van der Waals surface area contributed by atoms with Crippen LogP contribution in [-0.2, 0) is 24.4 Å². The molecule has 9 heteroatoms. The average molecular weight is 460 g/mol. The van der Waals surface area contributed by atoms with E-state index in [1.54, 1.807) is 17.0 Å². The monoisotopic (exact) mass is 459 g/mol. The largest absolute Gasteiger partial charge is 0.467 e. The number of benzene rings is 2. The van der Waals surface area contributed by atoms with Crippen molar-refractivity contribution in [3.05, 3.63) is 117 Å². The van der Waals surface area contributed by atoms with Gasteiger partial charge in [-0.3, -0.25) is 19.1 Å². The van der Waals surface area contributed by atoms with Crippen LogP contribution in [0.15, 0.2) is 93.1 Å². The number of hydrogen-bond acceptors (Lipinski definition) is 6. The number of aromatic nitrogens is 2. The standard InChI is InChI=1S/C25H25N5O4/c26-23-22(24(32)28-25(33)30(23)16-19-10-5-2-6-11-19)29(15-18-8-3-1-4-9-18)17-21(31)27-14-20-12-7-13-34-20/h1-13H,14-17,26H2,(H,27,31)(H,28,32,33). The molecule has 0 fully saturated rings. The Hall–Kier alpha value is -4.53. The Kier molecular flexibility index (Phi) is 6.92. The second-order valence-electron chi connectivity index (χ2n) is 7.76. The van der Waals surface area contributed by atoms with Crippen molar-refractivity contribution < 1.29 is 9.21 Å². The summed E-state index contributed by atoms with van der Waals surface area (Å²) in [6.07, 6.45) is 1.53. The molecule has 0 atom stereocenters. The number of amides is 1. The van der Waals surface area contributed by atoms with E-state index in [1.807, 2.05) is 60.7 Å². The minimum absolute atomic E-state index is 0.00707.